The Morgan fingerprint density at radius 2 is 1.53 bits per heavy atom. The molecule has 2 aromatic carbocycles. The van der Waals surface area contributed by atoms with Crippen LogP contribution in [0.15, 0.2) is 42.5 Å². The summed E-state index contributed by atoms with van der Waals surface area (Å²) < 4.78 is 12.7. The normalized spacial score (nSPS) is 10.3. The lowest BCUT2D eigenvalue weighted by Gasteiger charge is -2.09. The van der Waals surface area contributed by atoms with Crippen molar-refractivity contribution >= 4 is 23.0 Å². The molecule has 0 saturated carbocycles. The van der Waals surface area contributed by atoms with E-state index < -0.39 is 0 Å². The van der Waals surface area contributed by atoms with Crippen molar-refractivity contribution < 1.29 is 4.39 Å². The molecule has 0 aliphatic heterocycles. The molecule has 2 rings (SSSR count). The molecule has 0 fully saturated rings. The predicted octanol–water partition coefficient (Wildman–Crippen LogP) is 4.31. The van der Waals surface area contributed by atoms with Crippen molar-refractivity contribution in [2.45, 2.75) is 6.92 Å². The van der Waals surface area contributed by atoms with Gasteiger partial charge in [-0.15, -0.1) is 0 Å². The molecule has 0 spiro atoms. The average molecular weight is 279 g/mol. The van der Waals surface area contributed by atoms with Crippen LogP contribution in [0.3, 0.4) is 0 Å². The number of halogens is 2. The number of nitrogens with one attached hydrogen (secondary N) is 2. The molecule has 4 heteroatoms. The maximum Gasteiger partial charge on any atom is 0.123 e. The first kappa shape index (κ1) is 13.7. The first-order valence-electron chi connectivity index (χ1n) is 6.14. The molecule has 0 saturated heterocycles. The van der Waals surface area contributed by atoms with Gasteiger partial charge in [0.1, 0.15) is 5.82 Å². The maximum absolute atomic E-state index is 12.7. The second-order valence-electron chi connectivity index (χ2n) is 4.32. The monoisotopic (exact) mass is 278 g/mol. The summed E-state index contributed by atoms with van der Waals surface area (Å²) in [4.78, 5) is 0. The standard InChI is InChI=1S/C15H16ClFN2/c1-11-2-5-14(10-15(11)16)19-9-8-18-13-6-3-12(17)4-7-13/h2-7,10,18-19H,8-9H2,1H3. The third-order valence-electron chi connectivity index (χ3n) is 2.80. The number of hydrogen-bond acceptors (Lipinski definition) is 2. The Balaban J connectivity index is 1.77. The van der Waals surface area contributed by atoms with Crippen LogP contribution in [0.1, 0.15) is 5.56 Å². The van der Waals surface area contributed by atoms with Crippen molar-refractivity contribution in [1.29, 1.82) is 0 Å². The zero-order chi connectivity index (χ0) is 13.7. The second-order valence-corrected chi connectivity index (χ2v) is 4.73. The highest BCUT2D eigenvalue weighted by atomic mass is 35.5. The van der Waals surface area contributed by atoms with Gasteiger partial charge in [0.2, 0.25) is 0 Å². The van der Waals surface area contributed by atoms with E-state index in [2.05, 4.69) is 10.6 Å². The van der Waals surface area contributed by atoms with E-state index in [1.54, 1.807) is 12.1 Å². The Morgan fingerprint density at radius 1 is 0.947 bits per heavy atom. The van der Waals surface area contributed by atoms with Crippen molar-refractivity contribution in [3.05, 3.63) is 58.9 Å². The number of aryl methyl sites for hydroxylation is 1. The summed E-state index contributed by atoms with van der Waals surface area (Å²) >= 11 is 6.05. The smallest absolute Gasteiger partial charge is 0.123 e. The highest BCUT2D eigenvalue weighted by Crippen LogP contribution is 2.19. The minimum atomic E-state index is -0.224. The molecule has 0 aliphatic carbocycles. The van der Waals surface area contributed by atoms with Crippen LogP contribution in [-0.2, 0) is 0 Å². The van der Waals surface area contributed by atoms with Crippen LogP contribution < -0.4 is 10.6 Å². The number of hydrogen-bond donors (Lipinski definition) is 2. The third-order valence-corrected chi connectivity index (χ3v) is 3.21. The zero-order valence-corrected chi connectivity index (χ0v) is 11.5. The molecule has 2 aromatic rings. The van der Waals surface area contributed by atoms with Crippen LogP contribution in [0.25, 0.3) is 0 Å². The fraction of sp³-hybridized carbons (Fsp3) is 0.200. The molecule has 0 radical (unpaired) electrons. The molecule has 2 nitrogen and oxygen atoms in total. The van der Waals surface area contributed by atoms with Gasteiger partial charge in [0.25, 0.3) is 0 Å². The molecule has 0 amide bonds. The second kappa shape index (κ2) is 6.43. The molecule has 0 unspecified atom stereocenters. The maximum atomic E-state index is 12.7. The summed E-state index contributed by atoms with van der Waals surface area (Å²) in [6, 6.07) is 12.2. The average Bonchev–Trinajstić information content (AvgIpc) is 2.41. The Morgan fingerprint density at radius 3 is 2.16 bits per heavy atom. The first-order valence-corrected chi connectivity index (χ1v) is 6.52. The summed E-state index contributed by atoms with van der Waals surface area (Å²) in [7, 11) is 0. The van der Waals surface area contributed by atoms with E-state index in [1.807, 2.05) is 25.1 Å². The van der Waals surface area contributed by atoms with E-state index in [-0.39, 0.29) is 5.82 Å². The lowest BCUT2D eigenvalue weighted by atomic mass is 10.2. The van der Waals surface area contributed by atoms with Crippen molar-refractivity contribution in [2.24, 2.45) is 0 Å². The van der Waals surface area contributed by atoms with Crippen LogP contribution in [0, 0.1) is 12.7 Å². The van der Waals surface area contributed by atoms with Crippen LogP contribution in [0.4, 0.5) is 15.8 Å². The summed E-state index contributed by atoms with van der Waals surface area (Å²) in [5.74, 6) is -0.224. The van der Waals surface area contributed by atoms with Crippen LogP contribution >= 0.6 is 11.6 Å². The Kier molecular flexibility index (Phi) is 4.63. The van der Waals surface area contributed by atoms with Gasteiger partial charge in [0.15, 0.2) is 0 Å². The number of anilines is 2. The molecule has 0 aromatic heterocycles. The van der Waals surface area contributed by atoms with E-state index in [4.69, 9.17) is 11.6 Å². The molecule has 0 bridgehead atoms. The Hall–Kier alpha value is -1.74. The SMILES string of the molecule is Cc1ccc(NCCNc2ccc(F)cc2)cc1Cl. The van der Waals surface area contributed by atoms with Gasteiger partial charge in [0.05, 0.1) is 0 Å². The van der Waals surface area contributed by atoms with E-state index >= 15 is 0 Å². The van der Waals surface area contributed by atoms with Gasteiger partial charge in [-0.25, -0.2) is 4.39 Å². The molecular formula is C15H16ClFN2. The first-order chi connectivity index (χ1) is 9.15. The van der Waals surface area contributed by atoms with Crippen LogP contribution in [0.5, 0.6) is 0 Å². The van der Waals surface area contributed by atoms with Gasteiger partial charge in [-0.3, -0.25) is 0 Å². The molecular weight excluding hydrogens is 263 g/mol. The van der Waals surface area contributed by atoms with Gasteiger partial charge >= 0.3 is 0 Å². The highest BCUT2D eigenvalue weighted by Gasteiger charge is 1.97. The summed E-state index contributed by atoms with van der Waals surface area (Å²) in [5.41, 5.74) is 2.97. The summed E-state index contributed by atoms with van der Waals surface area (Å²) in [6.45, 7) is 3.48. The molecule has 2 N–H and O–H groups in total. The van der Waals surface area contributed by atoms with Crippen molar-refractivity contribution in [3.63, 3.8) is 0 Å². The van der Waals surface area contributed by atoms with E-state index in [1.165, 1.54) is 12.1 Å². The van der Waals surface area contributed by atoms with Gasteiger partial charge in [-0.05, 0) is 48.9 Å². The largest absolute Gasteiger partial charge is 0.383 e. The topological polar surface area (TPSA) is 24.1 Å². The lowest BCUT2D eigenvalue weighted by molar-refractivity contribution is 0.628. The van der Waals surface area contributed by atoms with Gasteiger partial charge in [-0.1, -0.05) is 17.7 Å². The lowest BCUT2D eigenvalue weighted by Crippen LogP contribution is -2.13. The van der Waals surface area contributed by atoms with E-state index in [0.717, 1.165) is 35.1 Å². The fourth-order valence-electron chi connectivity index (χ4n) is 1.68. The van der Waals surface area contributed by atoms with Crippen molar-refractivity contribution in [3.8, 4) is 0 Å². The molecule has 0 atom stereocenters. The van der Waals surface area contributed by atoms with Crippen LogP contribution in [-0.4, -0.2) is 13.1 Å². The highest BCUT2D eigenvalue weighted by molar-refractivity contribution is 6.31. The van der Waals surface area contributed by atoms with Gasteiger partial charge in [-0.2, -0.15) is 0 Å². The predicted molar refractivity (Wildman–Crippen MR) is 79.6 cm³/mol. The van der Waals surface area contributed by atoms with Gasteiger partial charge < -0.3 is 10.6 Å². The zero-order valence-electron chi connectivity index (χ0n) is 10.7. The summed E-state index contributed by atoms with van der Waals surface area (Å²) in [5, 5.41) is 7.24. The van der Waals surface area contributed by atoms with Crippen molar-refractivity contribution in [1.82, 2.24) is 0 Å². The van der Waals surface area contributed by atoms with Crippen molar-refractivity contribution in [2.75, 3.05) is 23.7 Å². The minimum absolute atomic E-state index is 0.224. The Bertz CT molecular complexity index is 540. The molecule has 0 heterocycles. The molecule has 100 valence electrons. The summed E-state index contributed by atoms with van der Waals surface area (Å²) in [6.07, 6.45) is 0. The van der Waals surface area contributed by atoms with Gasteiger partial charge in [0, 0.05) is 29.5 Å². The fourth-order valence-corrected chi connectivity index (χ4v) is 1.86. The van der Waals surface area contributed by atoms with Crippen LogP contribution in [0.2, 0.25) is 5.02 Å². The van der Waals surface area contributed by atoms with E-state index in [0.29, 0.717) is 0 Å². The molecule has 19 heavy (non-hydrogen) atoms. The quantitative estimate of drug-likeness (QED) is 0.796. The minimum Gasteiger partial charge on any atom is -0.383 e. The number of benzene rings is 2. The number of rotatable bonds is 5. The molecule has 0 aliphatic rings. The third kappa shape index (κ3) is 4.14. The van der Waals surface area contributed by atoms with E-state index in [9.17, 15) is 4.39 Å². The Labute approximate surface area is 117 Å².